The number of aryl methyl sites for hydroxylation is 1. The molecule has 0 bridgehead atoms. The molecule has 0 unspecified atom stereocenters. The molecule has 1 aromatic heterocycles. The lowest BCUT2D eigenvalue weighted by atomic mass is 10.2. The third-order valence-corrected chi connectivity index (χ3v) is 3.75. The molecule has 1 aromatic rings. The molecule has 4 nitrogen and oxygen atoms in total. The molecule has 1 saturated heterocycles. The van der Waals surface area contributed by atoms with E-state index in [2.05, 4.69) is 4.98 Å². The van der Waals surface area contributed by atoms with Crippen LogP contribution in [0.3, 0.4) is 0 Å². The molecule has 88 valence electrons. The Hall–Kier alpha value is -0.940. The average Bonchev–Trinajstić information content (AvgIpc) is 2.96. The first-order valence-electron chi connectivity index (χ1n) is 5.70. The van der Waals surface area contributed by atoms with Gasteiger partial charge in [-0.25, -0.2) is 4.98 Å². The number of amides is 1. The Balaban J connectivity index is 1.80. The van der Waals surface area contributed by atoms with Crippen LogP contribution in [-0.4, -0.2) is 28.9 Å². The van der Waals surface area contributed by atoms with Crippen molar-refractivity contribution in [2.45, 2.75) is 32.2 Å². The topological polar surface area (TPSA) is 59.2 Å². The molecule has 0 aromatic carbocycles. The van der Waals surface area contributed by atoms with Gasteiger partial charge in [0.25, 0.3) is 0 Å². The molecule has 0 aliphatic carbocycles. The van der Waals surface area contributed by atoms with Crippen LogP contribution in [0.25, 0.3) is 0 Å². The lowest BCUT2D eigenvalue weighted by molar-refractivity contribution is -0.130. The third-order valence-electron chi connectivity index (χ3n) is 2.83. The average molecular weight is 239 g/mol. The minimum Gasteiger partial charge on any atom is -0.343 e. The molecule has 2 N–H and O–H groups in total. The number of likely N-dealkylation sites (tertiary alicyclic amines) is 1. The smallest absolute Gasteiger partial charge is 0.222 e. The zero-order valence-electron chi connectivity index (χ0n) is 9.32. The van der Waals surface area contributed by atoms with Crippen molar-refractivity contribution in [3.05, 3.63) is 16.1 Å². The highest BCUT2D eigenvalue weighted by Crippen LogP contribution is 2.13. The van der Waals surface area contributed by atoms with Gasteiger partial charge in [0, 0.05) is 31.4 Å². The van der Waals surface area contributed by atoms with Gasteiger partial charge in [-0.15, -0.1) is 11.3 Å². The van der Waals surface area contributed by atoms with Crippen molar-refractivity contribution in [3.8, 4) is 0 Å². The predicted molar refractivity (Wildman–Crippen MR) is 64.1 cm³/mol. The number of nitrogens with two attached hydrogens (primary N) is 1. The fourth-order valence-electron chi connectivity index (χ4n) is 1.92. The molecule has 0 radical (unpaired) electrons. The number of carbonyl (C=O) groups excluding carboxylic acids is 1. The number of hydrogen-bond donors (Lipinski definition) is 1. The van der Waals surface area contributed by atoms with Gasteiger partial charge in [0.2, 0.25) is 5.91 Å². The van der Waals surface area contributed by atoms with Gasteiger partial charge in [-0.1, -0.05) is 0 Å². The molecular formula is C11H17N3OS. The zero-order valence-corrected chi connectivity index (χ0v) is 10.1. The van der Waals surface area contributed by atoms with E-state index in [0.29, 0.717) is 13.0 Å². The molecule has 0 spiro atoms. The number of nitrogens with zero attached hydrogens (tertiary/aromatic N) is 2. The van der Waals surface area contributed by atoms with Gasteiger partial charge in [-0.3, -0.25) is 4.79 Å². The third kappa shape index (κ3) is 2.80. The van der Waals surface area contributed by atoms with E-state index in [4.69, 9.17) is 5.73 Å². The Labute approximate surface area is 99.5 Å². The van der Waals surface area contributed by atoms with E-state index >= 15 is 0 Å². The standard InChI is InChI=1S/C11H17N3OS/c12-7-10-13-9(8-16-10)3-4-11(15)14-5-1-2-6-14/h8H,1-7,12H2. The van der Waals surface area contributed by atoms with Crippen LogP contribution in [0, 0.1) is 0 Å². The van der Waals surface area contributed by atoms with E-state index in [-0.39, 0.29) is 5.91 Å². The molecule has 2 rings (SSSR count). The highest BCUT2D eigenvalue weighted by atomic mass is 32.1. The van der Waals surface area contributed by atoms with Gasteiger partial charge >= 0.3 is 0 Å². The second kappa shape index (κ2) is 5.41. The van der Waals surface area contributed by atoms with Crippen LogP contribution in [0.15, 0.2) is 5.38 Å². The van der Waals surface area contributed by atoms with Crippen molar-refractivity contribution in [3.63, 3.8) is 0 Å². The molecule has 1 amide bonds. The minimum atomic E-state index is 0.264. The summed E-state index contributed by atoms with van der Waals surface area (Å²) in [4.78, 5) is 18.1. The Morgan fingerprint density at radius 1 is 1.50 bits per heavy atom. The molecule has 16 heavy (non-hydrogen) atoms. The Bertz CT molecular complexity index is 358. The molecule has 1 fully saturated rings. The van der Waals surface area contributed by atoms with Crippen LogP contribution < -0.4 is 5.73 Å². The summed E-state index contributed by atoms with van der Waals surface area (Å²) >= 11 is 1.57. The van der Waals surface area contributed by atoms with Gasteiger partial charge in [0.05, 0.1) is 5.69 Å². The molecule has 1 aliphatic heterocycles. The van der Waals surface area contributed by atoms with E-state index < -0.39 is 0 Å². The molecule has 0 atom stereocenters. The summed E-state index contributed by atoms with van der Waals surface area (Å²) in [6.07, 6.45) is 3.62. The minimum absolute atomic E-state index is 0.264. The van der Waals surface area contributed by atoms with Gasteiger partial charge in [-0.05, 0) is 19.3 Å². The van der Waals surface area contributed by atoms with Crippen molar-refractivity contribution in [2.24, 2.45) is 5.73 Å². The number of aromatic nitrogens is 1. The Morgan fingerprint density at radius 2 is 2.25 bits per heavy atom. The maximum atomic E-state index is 11.8. The summed E-state index contributed by atoms with van der Waals surface area (Å²) < 4.78 is 0. The fraction of sp³-hybridized carbons (Fsp3) is 0.636. The molecule has 2 heterocycles. The van der Waals surface area contributed by atoms with Crippen molar-refractivity contribution in [1.29, 1.82) is 0 Å². The van der Waals surface area contributed by atoms with E-state index in [0.717, 1.165) is 43.1 Å². The van der Waals surface area contributed by atoms with Crippen LogP contribution in [-0.2, 0) is 17.8 Å². The number of carbonyl (C=O) groups is 1. The number of hydrogen-bond acceptors (Lipinski definition) is 4. The van der Waals surface area contributed by atoms with E-state index in [1.807, 2.05) is 10.3 Å². The maximum Gasteiger partial charge on any atom is 0.222 e. The summed E-state index contributed by atoms with van der Waals surface area (Å²) in [5.41, 5.74) is 6.49. The van der Waals surface area contributed by atoms with Crippen LogP contribution in [0.1, 0.15) is 30.0 Å². The van der Waals surface area contributed by atoms with Crippen LogP contribution >= 0.6 is 11.3 Å². The second-order valence-electron chi connectivity index (χ2n) is 4.02. The summed E-state index contributed by atoms with van der Waals surface area (Å²) in [7, 11) is 0. The first kappa shape index (κ1) is 11.5. The van der Waals surface area contributed by atoms with Crippen LogP contribution in [0.5, 0.6) is 0 Å². The van der Waals surface area contributed by atoms with E-state index in [1.54, 1.807) is 11.3 Å². The number of rotatable bonds is 4. The summed E-state index contributed by atoms with van der Waals surface area (Å²) in [5, 5.41) is 2.95. The van der Waals surface area contributed by atoms with E-state index in [9.17, 15) is 4.79 Å². The van der Waals surface area contributed by atoms with Crippen molar-refractivity contribution in [1.82, 2.24) is 9.88 Å². The normalized spacial score (nSPS) is 15.7. The molecule has 1 aliphatic rings. The Morgan fingerprint density at radius 3 is 2.88 bits per heavy atom. The highest BCUT2D eigenvalue weighted by Gasteiger charge is 2.17. The van der Waals surface area contributed by atoms with Crippen molar-refractivity contribution >= 4 is 17.2 Å². The van der Waals surface area contributed by atoms with Gasteiger partial charge < -0.3 is 10.6 Å². The summed E-state index contributed by atoms with van der Waals surface area (Å²) in [5.74, 6) is 0.264. The Kier molecular flexibility index (Phi) is 3.90. The van der Waals surface area contributed by atoms with E-state index in [1.165, 1.54) is 0 Å². The molecular weight excluding hydrogens is 222 g/mol. The quantitative estimate of drug-likeness (QED) is 0.857. The summed E-state index contributed by atoms with van der Waals surface area (Å²) in [6, 6.07) is 0. The first-order chi connectivity index (χ1) is 7.79. The monoisotopic (exact) mass is 239 g/mol. The zero-order chi connectivity index (χ0) is 11.4. The largest absolute Gasteiger partial charge is 0.343 e. The maximum absolute atomic E-state index is 11.8. The fourth-order valence-corrected chi connectivity index (χ4v) is 2.63. The lowest BCUT2D eigenvalue weighted by Crippen LogP contribution is -2.27. The lowest BCUT2D eigenvalue weighted by Gasteiger charge is -2.14. The van der Waals surface area contributed by atoms with Crippen molar-refractivity contribution in [2.75, 3.05) is 13.1 Å². The van der Waals surface area contributed by atoms with Gasteiger partial charge in [0.1, 0.15) is 5.01 Å². The second-order valence-corrected chi connectivity index (χ2v) is 4.97. The number of thiazole rings is 1. The first-order valence-corrected chi connectivity index (χ1v) is 6.58. The predicted octanol–water partition coefficient (Wildman–Crippen LogP) is 1.16. The van der Waals surface area contributed by atoms with Gasteiger partial charge in [0.15, 0.2) is 0 Å². The van der Waals surface area contributed by atoms with Crippen LogP contribution in [0.4, 0.5) is 0 Å². The SMILES string of the molecule is NCc1nc(CCC(=O)N2CCCC2)cs1. The molecule has 0 saturated carbocycles. The molecule has 5 heteroatoms. The summed E-state index contributed by atoms with van der Waals surface area (Å²) in [6.45, 7) is 2.36. The highest BCUT2D eigenvalue weighted by molar-refractivity contribution is 7.09. The van der Waals surface area contributed by atoms with Gasteiger partial charge in [-0.2, -0.15) is 0 Å². The van der Waals surface area contributed by atoms with Crippen LogP contribution in [0.2, 0.25) is 0 Å². The van der Waals surface area contributed by atoms with Crippen molar-refractivity contribution < 1.29 is 4.79 Å².